The molecule has 1 atom stereocenters. The summed E-state index contributed by atoms with van der Waals surface area (Å²) < 4.78 is 53.1. The molecule has 1 aromatic carbocycles. The second-order valence-electron chi connectivity index (χ2n) is 6.96. The van der Waals surface area contributed by atoms with E-state index in [0.717, 1.165) is 18.2 Å². The van der Waals surface area contributed by atoms with E-state index < -0.39 is 41.6 Å². The number of nitrogens with zero attached hydrogens (tertiary/aromatic N) is 2. The van der Waals surface area contributed by atoms with Crippen LogP contribution in [0.2, 0.25) is 0 Å². The fraction of sp³-hybridized carbons (Fsp3) is 0.238. The molecule has 0 aliphatic heterocycles. The highest BCUT2D eigenvalue weighted by Crippen LogP contribution is 2.29. The summed E-state index contributed by atoms with van der Waals surface area (Å²) in [5.74, 6) is -1.30. The van der Waals surface area contributed by atoms with Crippen LogP contribution in [0.15, 0.2) is 35.1 Å². The highest BCUT2D eigenvalue weighted by atomic mass is 19.4. The van der Waals surface area contributed by atoms with E-state index in [-0.39, 0.29) is 36.1 Å². The van der Waals surface area contributed by atoms with E-state index in [9.17, 15) is 27.2 Å². The van der Waals surface area contributed by atoms with Crippen LogP contribution in [-0.4, -0.2) is 15.9 Å². The molecule has 0 fully saturated rings. The molecule has 2 aromatic heterocycles. The lowest BCUT2D eigenvalue weighted by Crippen LogP contribution is -2.31. The van der Waals surface area contributed by atoms with Crippen molar-refractivity contribution >= 4 is 16.9 Å². The number of aryl methyl sites for hydroxylation is 1. The summed E-state index contributed by atoms with van der Waals surface area (Å²) in [5.41, 5.74) is -1.30. The Bertz CT molecular complexity index is 1290. The molecular weight excluding hydrogens is 416 g/mol. The number of fused-ring (bicyclic) bond motifs is 1. The molecule has 31 heavy (non-hydrogen) atoms. The van der Waals surface area contributed by atoms with Gasteiger partial charge in [0.15, 0.2) is 0 Å². The zero-order chi connectivity index (χ0) is 22.9. The van der Waals surface area contributed by atoms with E-state index >= 15 is 0 Å². The quantitative estimate of drug-likeness (QED) is 0.600. The summed E-state index contributed by atoms with van der Waals surface area (Å²) in [6.07, 6.45) is -5.09. The lowest BCUT2D eigenvalue weighted by atomic mass is 10.0. The molecule has 0 saturated carbocycles. The molecule has 6 nitrogen and oxygen atoms in total. The van der Waals surface area contributed by atoms with Crippen molar-refractivity contribution < 1.29 is 25.2 Å². The first-order chi connectivity index (χ1) is 14.5. The summed E-state index contributed by atoms with van der Waals surface area (Å²) in [5, 5.41) is 11.3. The molecule has 0 unspecified atom stereocenters. The lowest BCUT2D eigenvalue weighted by molar-refractivity contribution is -0.141. The molecule has 0 bridgehead atoms. The highest BCUT2D eigenvalue weighted by molar-refractivity contribution is 5.83. The predicted molar refractivity (Wildman–Crippen MR) is 108 cm³/mol. The zero-order valence-electron chi connectivity index (χ0n) is 16.4. The Hall–Kier alpha value is -3.74. The molecule has 0 aliphatic carbocycles. The van der Waals surface area contributed by atoms with Gasteiger partial charge in [-0.1, -0.05) is 6.07 Å². The molecule has 2 heterocycles. The molecule has 0 aliphatic rings. The van der Waals surface area contributed by atoms with Gasteiger partial charge in [-0.25, -0.2) is 9.37 Å². The second-order valence-corrected chi connectivity index (χ2v) is 6.96. The average molecular weight is 436 g/mol. The van der Waals surface area contributed by atoms with Gasteiger partial charge in [-0.3, -0.25) is 9.59 Å². The first-order valence-corrected chi connectivity index (χ1v) is 9.10. The molecule has 0 saturated heterocycles. The van der Waals surface area contributed by atoms with Crippen molar-refractivity contribution in [3.63, 3.8) is 0 Å². The smallest absolute Gasteiger partial charge is 0.349 e. The van der Waals surface area contributed by atoms with Gasteiger partial charge < -0.3 is 10.3 Å². The van der Waals surface area contributed by atoms with Gasteiger partial charge in [0.2, 0.25) is 5.91 Å². The topological polar surface area (TPSA) is 98.6 Å². The average Bonchev–Trinajstić information content (AvgIpc) is 2.69. The minimum Gasteiger partial charge on any atom is -0.349 e. The van der Waals surface area contributed by atoms with Gasteiger partial charge in [-0.05, 0) is 43.7 Å². The predicted octanol–water partition coefficient (Wildman–Crippen LogP) is 4.17. The van der Waals surface area contributed by atoms with Crippen LogP contribution in [0.3, 0.4) is 0 Å². The van der Waals surface area contributed by atoms with E-state index in [1.807, 2.05) is 0 Å². The molecule has 3 rings (SSSR count). The minimum absolute atomic E-state index is 0. The zero-order valence-corrected chi connectivity index (χ0v) is 16.4. The standard InChI is InChI=1S/C21H16F4N4O2.2H2/c1-10-14(20(31)28-16-5-6-17(21(23,24)25)29-19(10)16)8-18(30)27-11(2)13-4-3-12(9-26)7-15(13)22;;/h3-7,11H,8H2,1-2H3,(H,27,30)(H,28,31);2*1H/t11-;;/m0../s1. The number of aromatic nitrogens is 2. The van der Waals surface area contributed by atoms with E-state index in [1.54, 1.807) is 6.07 Å². The van der Waals surface area contributed by atoms with Crippen LogP contribution in [0.4, 0.5) is 17.6 Å². The molecule has 1 amide bonds. The number of nitriles is 1. The van der Waals surface area contributed by atoms with Crippen LogP contribution >= 0.6 is 0 Å². The van der Waals surface area contributed by atoms with Crippen molar-refractivity contribution in [3.05, 3.63) is 74.5 Å². The van der Waals surface area contributed by atoms with Crippen LogP contribution in [0.1, 0.15) is 43.8 Å². The largest absolute Gasteiger partial charge is 0.433 e. The second kappa shape index (κ2) is 8.18. The van der Waals surface area contributed by atoms with Gasteiger partial charge >= 0.3 is 6.18 Å². The number of halogens is 4. The summed E-state index contributed by atoms with van der Waals surface area (Å²) in [4.78, 5) is 30.9. The number of carbonyl (C=O) groups is 1. The van der Waals surface area contributed by atoms with Crippen LogP contribution in [0.25, 0.3) is 11.0 Å². The molecule has 164 valence electrons. The summed E-state index contributed by atoms with van der Waals surface area (Å²) in [6.45, 7) is 2.94. The minimum atomic E-state index is -4.66. The number of alkyl halides is 3. The van der Waals surface area contributed by atoms with Crippen molar-refractivity contribution in [2.45, 2.75) is 32.5 Å². The number of nitrogens with one attached hydrogen (secondary N) is 2. The third-order valence-corrected chi connectivity index (χ3v) is 4.83. The Balaban J connectivity index is 0.00000272. The molecule has 2 N–H and O–H groups in total. The number of amides is 1. The van der Waals surface area contributed by atoms with Crippen LogP contribution < -0.4 is 10.9 Å². The number of pyridine rings is 2. The third-order valence-electron chi connectivity index (χ3n) is 4.83. The van der Waals surface area contributed by atoms with Gasteiger partial charge in [0.25, 0.3) is 5.56 Å². The van der Waals surface area contributed by atoms with Crippen molar-refractivity contribution in [3.8, 4) is 6.07 Å². The number of aromatic amines is 1. The van der Waals surface area contributed by atoms with Crippen molar-refractivity contribution in [2.24, 2.45) is 0 Å². The van der Waals surface area contributed by atoms with Gasteiger partial charge in [0.05, 0.1) is 35.1 Å². The number of benzene rings is 1. The van der Waals surface area contributed by atoms with Crippen LogP contribution in [-0.2, 0) is 17.4 Å². The molecule has 0 radical (unpaired) electrons. The third kappa shape index (κ3) is 4.55. The van der Waals surface area contributed by atoms with E-state index in [4.69, 9.17) is 5.26 Å². The summed E-state index contributed by atoms with van der Waals surface area (Å²) in [6, 6.07) is 6.73. The number of rotatable bonds is 4. The lowest BCUT2D eigenvalue weighted by Gasteiger charge is -2.16. The molecule has 10 heteroatoms. The molecular formula is C21H20F4N4O2. The fourth-order valence-corrected chi connectivity index (χ4v) is 3.21. The Kier molecular flexibility index (Phi) is 5.79. The monoisotopic (exact) mass is 436 g/mol. The Morgan fingerprint density at radius 3 is 2.65 bits per heavy atom. The molecule has 3 aromatic rings. The number of hydrogen-bond donors (Lipinski definition) is 2. The first-order valence-electron chi connectivity index (χ1n) is 9.10. The Morgan fingerprint density at radius 1 is 1.32 bits per heavy atom. The Labute approximate surface area is 176 Å². The maximum absolute atomic E-state index is 14.1. The number of H-pyrrole nitrogens is 1. The van der Waals surface area contributed by atoms with Gasteiger partial charge in [0, 0.05) is 14.0 Å². The fourth-order valence-electron chi connectivity index (χ4n) is 3.21. The van der Waals surface area contributed by atoms with Gasteiger partial charge in [0.1, 0.15) is 11.5 Å². The maximum atomic E-state index is 14.1. The van der Waals surface area contributed by atoms with Gasteiger partial charge in [-0.2, -0.15) is 18.4 Å². The van der Waals surface area contributed by atoms with Crippen LogP contribution in [0.5, 0.6) is 0 Å². The summed E-state index contributed by atoms with van der Waals surface area (Å²) >= 11 is 0. The van der Waals surface area contributed by atoms with Crippen LogP contribution in [0, 0.1) is 24.1 Å². The van der Waals surface area contributed by atoms with E-state index in [2.05, 4.69) is 15.3 Å². The maximum Gasteiger partial charge on any atom is 0.433 e. The Morgan fingerprint density at radius 2 is 2.03 bits per heavy atom. The first kappa shape index (κ1) is 22.0. The summed E-state index contributed by atoms with van der Waals surface area (Å²) in [7, 11) is 0. The normalized spacial score (nSPS) is 12.4. The van der Waals surface area contributed by atoms with Crippen molar-refractivity contribution in [2.75, 3.05) is 0 Å². The van der Waals surface area contributed by atoms with E-state index in [0.29, 0.717) is 0 Å². The van der Waals surface area contributed by atoms with Crippen molar-refractivity contribution in [1.82, 2.24) is 15.3 Å². The van der Waals surface area contributed by atoms with Crippen molar-refractivity contribution in [1.29, 1.82) is 5.26 Å². The number of hydrogen-bond acceptors (Lipinski definition) is 4. The highest BCUT2D eigenvalue weighted by Gasteiger charge is 2.33. The van der Waals surface area contributed by atoms with E-state index in [1.165, 1.54) is 26.0 Å². The van der Waals surface area contributed by atoms with Gasteiger partial charge in [-0.15, -0.1) is 0 Å². The SMILES string of the molecule is Cc1c(CC(=O)N[C@@H](C)c2ccc(C#N)cc2F)c(=O)[nH]c2ccc(C(F)(F)F)nc12.[HH].[HH]. The number of carbonyl (C=O) groups excluding carboxylic acids is 1. The molecule has 0 spiro atoms.